The Bertz CT molecular complexity index is 1380. The van der Waals surface area contributed by atoms with Crippen molar-refractivity contribution in [2.75, 3.05) is 18.5 Å². The van der Waals surface area contributed by atoms with E-state index in [1.807, 2.05) is 0 Å². The fourth-order valence-electron chi connectivity index (χ4n) is 4.73. The van der Waals surface area contributed by atoms with E-state index in [-0.39, 0.29) is 28.8 Å². The van der Waals surface area contributed by atoms with Crippen molar-refractivity contribution in [3.63, 3.8) is 0 Å². The molecule has 17 heteroatoms. The number of alkyl halides is 4. The van der Waals surface area contributed by atoms with Gasteiger partial charge in [0.05, 0.1) is 16.2 Å². The third-order valence-corrected chi connectivity index (χ3v) is 10.9. The first-order valence-corrected chi connectivity index (χ1v) is 13.8. The van der Waals surface area contributed by atoms with E-state index < -0.39 is 62.8 Å². The summed E-state index contributed by atoms with van der Waals surface area (Å²) in [4.78, 5) is 36.9. The van der Waals surface area contributed by atoms with Crippen molar-refractivity contribution < 1.29 is 45.9 Å². The standard InChI is InChI=1S/C24H27F5N6O5S/c1-22(2)20(34-21(37)38)35-23(3,15-8-9-31-41(15,22)39)17-13(25)5-7-16(32-17)33-18(36)14-6-4-12(10-30-14)40-11-24(28,29)19(26)27/h4-7,10,15,19,31,39H,8-9,11H2,1-3H3,(H,34,35)(H,37,38)(H,32,33,36)/t15-,23-/m0/s1. The molecule has 5 N–H and O–H groups in total. The number of nitrogens with one attached hydrogen (secondary N) is 3. The fraction of sp³-hybridized carbons (Fsp3) is 0.458. The maximum atomic E-state index is 15.3. The zero-order valence-electron chi connectivity index (χ0n) is 21.9. The van der Waals surface area contributed by atoms with E-state index in [1.165, 1.54) is 13.0 Å². The van der Waals surface area contributed by atoms with Crippen molar-refractivity contribution in [3.8, 4) is 5.75 Å². The second kappa shape index (κ2) is 10.7. The molecule has 4 heterocycles. The second-order valence-corrected chi connectivity index (χ2v) is 13.2. The Morgan fingerprint density at radius 3 is 2.54 bits per heavy atom. The highest BCUT2D eigenvalue weighted by atomic mass is 32.3. The van der Waals surface area contributed by atoms with Gasteiger partial charge in [0, 0.05) is 6.54 Å². The molecule has 1 saturated heterocycles. The molecule has 0 spiro atoms. The van der Waals surface area contributed by atoms with Gasteiger partial charge in [-0.15, -0.1) is 0 Å². The number of anilines is 1. The molecule has 2 aliphatic rings. The summed E-state index contributed by atoms with van der Waals surface area (Å²) in [6.07, 6.45) is -4.05. The van der Waals surface area contributed by atoms with Crippen LogP contribution in [0.1, 0.15) is 43.4 Å². The number of ether oxygens (including phenoxy) is 1. The van der Waals surface area contributed by atoms with Gasteiger partial charge in [-0.1, -0.05) is 10.5 Å². The molecule has 2 aromatic rings. The number of carbonyl (C=O) groups excluding carboxylic acids is 1. The molecule has 41 heavy (non-hydrogen) atoms. The maximum Gasteiger partial charge on any atom is 0.410 e. The molecule has 3 atom stereocenters. The van der Waals surface area contributed by atoms with E-state index in [4.69, 9.17) is 0 Å². The number of amidine groups is 1. The quantitative estimate of drug-likeness (QED) is 0.291. The number of fused-ring (bicyclic) bond motifs is 1. The molecule has 2 aliphatic heterocycles. The van der Waals surface area contributed by atoms with Crippen LogP contribution in [0.2, 0.25) is 0 Å². The van der Waals surface area contributed by atoms with Gasteiger partial charge in [-0.05, 0) is 51.5 Å². The summed E-state index contributed by atoms with van der Waals surface area (Å²) in [7, 11) is -2.80. The molecule has 0 aliphatic carbocycles. The van der Waals surface area contributed by atoms with Crippen LogP contribution in [0.25, 0.3) is 0 Å². The Morgan fingerprint density at radius 1 is 1.22 bits per heavy atom. The topological polar surface area (TPSA) is 158 Å². The molecule has 4 rings (SSSR count). The van der Waals surface area contributed by atoms with Crippen LogP contribution in [0.3, 0.4) is 0 Å². The Labute approximate surface area is 232 Å². The van der Waals surface area contributed by atoms with Crippen LogP contribution in [0.5, 0.6) is 5.75 Å². The molecule has 2 aromatic heterocycles. The second-order valence-electron chi connectivity index (χ2n) is 10.1. The van der Waals surface area contributed by atoms with E-state index in [9.17, 15) is 36.8 Å². The lowest BCUT2D eigenvalue weighted by Crippen LogP contribution is -2.59. The van der Waals surface area contributed by atoms with Gasteiger partial charge in [0.1, 0.15) is 40.1 Å². The number of nitrogens with zero attached hydrogens (tertiary/aromatic N) is 3. The zero-order valence-corrected chi connectivity index (χ0v) is 22.7. The first-order valence-electron chi connectivity index (χ1n) is 12.1. The van der Waals surface area contributed by atoms with Crippen LogP contribution >= 0.6 is 10.5 Å². The summed E-state index contributed by atoms with van der Waals surface area (Å²) in [6.45, 7) is 3.58. The first kappa shape index (κ1) is 30.4. The summed E-state index contributed by atoms with van der Waals surface area (Å²) >= 11 is 0. The van der Waals surface area contributed by atoms with Gasteiger partial charge < -0.3 is 19.7 Å². The number of hydrogen-bond acceptors (Lipinski definition) is 8. The lowest BCUT2D eigenvalue weighted by Gasteiger charge is -2.56. The minimum atomic E-state index is -4.37. The van der Waals surface area contributed by atoms with Crippen molar-refractivity contribution in [1.82, 2.24) is 20.0 Å². The number of carboxylic acid groups (broad SMARTS) is 1. The van der Waals surface area contributed by atoms with Gasteiger partial charge in [0.15, 0.2) is 6.61 Å². The number of rotatable bonds is 7. The largest absolute Gasteiger partial charge is 0.485 e. The molecule has 0 saturated carbocycles. The molecule has 2 amide bonds. The third kappa shape index (κ3) is 5.52. The highest BCUT2D eigenvalue weighted by molar-refractivity contribution is 8.29. The van der Waals surface area contributed by atoms with E-state index >= 15 is 4.39 Å². The fourth-order valence-corrected chi connectivity index (χ4v) is 8.11. The minimum absolute atomic E-state index is 0.0795. The van der Waals surface area contributed by atoms with Crippen LogP contribution in [-0.2, 0) is 5.54 Å². The van der Waals surface area contributed by atoms with Gasteiger partial charge in [0.25, 0.3) is 5.91 Å². The van der Waals surface area contributed by atoms with Gasteiger partial charge in [-0.2, -0.15) is 8.78 Å². The molecule has 1 unspecified atom stereocenters. The van der Waals surface area contributed by atoms with E-state index in [0.717, 1.165) is 24.4 Å². The molecule has 0 bridgehead atoms. The monoisotopic (exact) mass is 606 g/mol. The van der Waals surface area contributed by atoms with Gasteiger partial charge >= 0.3 is 18.4 Å². The van der Waals surface area contributed by atoms with Crippen molar-refractivity contribution in [2.45, 2.75) is 55.1 Å². The molecular formula is C24H27F5N6O5S. The summed E-state index contributed by atoms with van der Waals surface area (Å²) in [6, 6.07) is 4.39. The first-order chi connectivity index (χ1) is 19.0. The highest BCUT2D eigenvalue weighted by Gasteiger charge is 2.62. The average Bonchev–Trinajstić information content (AvgIpc) is 3.32. The zero-order chi connectivity index (χ0) is 30.4. The van der Waals surface area contributed by atoms with Crippen LogP contribution in [-0.4, -0.2) is 73.0 Å². The average molecular weight is 607 g/mol. The Morgan fingerprint density at radius 2 is 1.93 bits per heavy atom. The summed E-state index contributed by atoms with van der Waals surface area (Å²) < 4.78 is 84.3. The number of amides is 2. The summed E-state index contributed by atoms with van der Waals surface area (Å²) in [5.41, 5.74) is -2.00. The summed E-state index contributed by atoms with van der Waals surface area (Å²) in [5, 5.41) is 13.4. The third-order valence-electron chi connectivity index (χ3n) is 6.97. The maximum absolute atomic E-state index is 15.3. The number of carbonyl (C=O) groups is 2. The van der Waals surface area contributed by atoms with Crippen LogP contribution in [0.15, 0.2) is 35.5 Å². The minimum Gasteiger partial charge on any atom is -0.485 e. The van der Waals surface area contributed by atoms with Crippen LogP contribution in [0.4, 0.5) is 32.6 Å². The van der Waals surface area contributed by atoms with E-state index in [1.54, 1.807) is 13.8 Å². The van der Waals surface area contributed by atoms with E-state index in [2.05, 4.69) is 35.1 Å². The number of pyridine rings is 2. The number of aliphatic imine (C=N–C) groups is 1. The molecule has 1 fully saturated rings. The Balaban J connectivity index is 1.60. The number of halogens is 5. The van der Waals surface area contributed by atoms with Crippen molar-refractivity contribution in [1.29, 1.82) is 0 Å². The smallest absolute Gasteiger partial charge is 0.410 e. The van der Waals surface area contributed by atoms with Gasteiger partial charge in [0.2, 0.25) is 0 Å². The SMILES string of the molecule is CC1(C)C(NC(=O)O)=N[C@](C)(c2nc(NC(=O)c3ccc(OCC(F)(F)C(F)F)cn3)ccc2F)[C@@H]2CCNS21O. The molecule has 0 radical (unpaired) electrons. The van der Waals surface area contributed by atoms with Gasteiger partial charge in [-0.3, -0.25) is 19.8 Å². The van der Waals surface area contributed by atoms with Crippen LogP contribution in [0, 0.1) is 5.82 Å². The highest BCUT2D eigenvalue weighted by Crippen LogP contribution is 2.67. The van der Waals surface area contributed by atoms with Crippen molar-refractivity contribution >= 4 is 34.1 Å². The molecule has 11 nitrogen and oxygen atoms in total. The molecule has 0 aromatic carbocycles. The lowest BCUT2D eigenvalue weighted by molar-refractivity contribution is -0.148. The predicted octanol–water partition coefficient (Wildman–Crippen LogP) is 4.38. The van der Waals surface area contributed by atoms with E-state index in [0.29, 0.717) is 13.0 Å². The number of aromatic nitrogens is 2. The van der Waals surface area contributed by atoms with Crippen molar-refractivity contribution in [3.05, 3.63) is 47.7 Å². The van der Waals surface area contributed by atoms with Gasteiger partial charge in [-0.25, -0.2) is 27.9 Å². The Kier molecular flexibility index (Phi) is 7.92. The molecule has 224 valence electrons. The lowest BCUT2D eigenvalue weighted by atomic mass is 9.89. The summed E-state index contributed by atoms with van der Waals surface area (Å²) in [5.74, 6) is -6.48. The van der Waals surface area contributed by atoms with Crippen LogP contribution < -0.4 is 20.1 Å². The Hall–Kier alpha value is -3.57. The van der Waals surface area contributed by atoms with Crippen molar-refractivity contribution in [2.24, 2.45) is 4.99 Å². The predicted molar refractivity (Wildman–Crippen MR) is 139 cm³/mol. The molecular weight excluding hydrogens is 579 g/mol. The normalized spacial score (nSPS) is 26.9. The number of hydrogen-bond donors (Lipinski definition) is 5.